The zero-order valence-corrected chi connectivity index (χ0v) is 13.6. The fraction of sp³-hybridized carbons (Fsp3) is 0.625. The van der Waals surface area contributed by atoms with E-state index in [0.29, 0.717) is 23.6 Å². The molecule has 2 unspecified atom stereocenters. The molecule has 2 nitrogen and oxygen atoms in total. The zero-order valence-electron chi connectivity index (χ0n) is 12.8. The molecule has 0 aliphatic carbocycles. The maximum Gasteiger partial charge on any atom is 0.127 e. The Morgan fingerprint density at radius 2 is 2.05 bits per heavy atom. The average molecular weight is 302 g/mol. The van der Waals surface area contributed by atoms with E-state index >= 15 is 0 Å². The lowest BCUT2D eigenvalue weighted by Gasteiger charge is -2.37. The van der Waals surface area contributed by atoms with Crippen LogP contribution in [-0.2, 0) is 11.2 Å². The van der Waals surface area contributed by atoms with E-state index in [2.05, 4.69) is 19.2 Å². The van der Waals surface area contributed by atoms with E-state index in [1.54, 1.807) is 12.1 Å². The number of benzene rings is 1. The molecule has 0 saturated heterocycles. The smallest absolute Gasteiger partial charge is 0.127 e. The number of hydrogen-bond acceptors (Lipinski definition) is 2. The Morgan fingerprint density at radius 3 is 2.55 bits per heavy atom. The molecule has 20 heavy (non-hydrogen) atoms. The minimum Gasteiger partial charge on any atom is -0.374 e. The van der Waals surface area contributed by atoms with E-state index in [9.17, 15) is 4.39 Å². The highest BCUT2D eigenvalue weighted by Crippen LogP contribution is 2.27. The molecule has 0 bridgehead atoms. The molecule has 0 fully saturated rings. The van der Waals surface area contributed by atoms with Gasteiger partial charge in [-0.25, -0.2) is 4.39 Å². The van der Waals surface area contributed by atoms with Crippen molar-refractivity contribution in [3.8, 4) is 0 Å². The summed E-state index contributed by atoms with van der Waals surface area (Å²) in [6.07, 6.45) is 1.37. The van der Waals surface area contributed by atoms with E-state index in [-0.39, 0.29) is 17.5 Å². The third-order valence-corrected chi connectivity index (χ3v) is 4.19. The van der Waals surface area contributed by atoms with Crippen LogP contribution in [0.15, 0.2) is 18.2 Å². The van der Waals surface area contributed by atoms with Crippen LogP contribution in [0.25, 0.3) is 0 Å². The number of nitrogens with one attached hydrogen (secondary N) is 1. The van der Waals surface area contributed by atoms with Gasteiger partial charge in [-0.1, -0.05) is 31.5 Å². The molecule has 0 spiro atoms. The second kappa shape index (κ2) is 7.96. The Kier molecular flexibility index (Phi) is 6.93. The maximum absolute atomic E-state index is 14.0. The topological polar surface area (TPSA) is 21.3 Å². The highest BCUT2D eigenvalue weighted by Gasteiger charge is 2.33. The number of hydrogen-bond donors (Lipinski definition) is 1. The standard InChI is InChI=1S/C16H25ClFNO/c1-5-16(4,20-7-3)15(19-6-2)11-12-13(17)9-8-10-14(12)18/h8-10,15,19H,5-7,11H2,1-4H3. The SMILES string of the molecule is CCNC(Cc1c(F)cccc1Cl)C(C)(CC)OCC. The summed E-state index contributed by atoms with van der Waals surface area (Å²) >= 11 is 6.14. The van der Waals surface area contributed by atoms with Crippen molar-refractivity contribution in [2.24, 2.45) is 0 Å². The molecule has 2 atom stereocenters. The van der Waals surface area contributed by atoms with E-state index < -0.39 is 0 Å². The molecule has 0 aliphatic heterocycles. The Hall–Kier alpha value is -0.640. The van der Waals surface area contributed by atoms with E-state index in [4.69, 9.17) is 16.3 Å². The van der Waals surface area contributed by atoms with Crippen LogP contribution in [0.4, 0.5) is 4.39 Å². The van der Waals surface area contributed by atoms with Crippen LogP contribution in [0.3, 0.4) is 0 Å². The first-order valence-corrected chi connectivity index (χ1v) is 7.66. The van der Waals surface area contributed by atoms with E-state index in [1.165, 1.54) is 6.07 Å². The summed E-state index contributed by atoms with van der Waals surface area (Å²) in [6, 6.07) is 4.83. The molecule has 1 aromatic carbocycles. The van der Waals surface area contributed by atoms with Crippen LogP contribution >= 0.6 is 11.6 Å². The lowest BCUT2D eigenvalue weighted by atomic mass is 9.88. The number of halogens is 2. The third kappa shape index (κ3) is 4.18. The molecule has 1 rings (SSSR count). The van der Waals surface area contributed by atoms with Gasteiger partial charge in [0.1, 0.15) is 5.82 Å². The summed E-state index contributed by atoms with van der Waals surface area (Å²) in [7, 11) is 0. The van der Waals surface area contributed by atoms with Crippen molar-refractivity contribution in [1.82, 2.24) is 5.32 Å². The van der Waals surface area contributed by atoms with Gasteiger partial charge in [-0.05, 0) is 45.4 Å². The summed E-state index contributed by atoms with van der Waals surface area (Å²) in [5.74, 6) is -0.254. The lowest BCUT2D eigenvalue weighted by molar-refractivity contribution is -0.0548. The fourth-order valence-corrected chi connectivity index (χ4v) is 2.70. The Labute approximate surface area is 126 Å². The molecule has 0 amide bonds. The predicted octanol–water partition coefficient (Wildman–Crippen LogP) is 4.20. The van der Waals surface area contributed by atoms with Crippen LogP contribution in [0.5, 0.6) is 0 Å². The normalized spacial score (nSPS) is 15.9. The second-order valence-corrected chi connectivity index (χ2v) is 5.52. The summed E-state index contributed by atoms with van der Waals surface area (Å²) in [6.45, 7) is 9.61. The van der Waals surface area contributed by atoms with Crippen LogP contribution < -0.4 is 5.32 Å². The first kappa shape index (κ1) is 17.4. The summed E-state index contributed by atoms with van der Waals surface area (Å²) < 4.78 is 19.9. The third-order valence-electron chi connectivity index (χ3n) is 3.83. The summed E-state index contributed by atoms with van der Waals surface area (Å²) in [4.78, 5) is 0. The van der Waals surface area contributed by atoms with Gasteiger partial charge in [0.2, 0.25) is 0 Å². The first-order chi connectivity index (χ1) is 9.48. The van der Waals surface area contributed by atoms with Crippen molar-refractivity contribution < 1.29 is 9.13 Å². The fourth-order valence-electron chi connectivity index (χ4n) is 2.46. The minimum absolute atomic E-state index is 0.0202. The van der Waals surface area contributed by atoms with E-state index in [0.717, 1.165) is 13.0 Å². The number of likely N-dealkylation sites (N-methyl/N-ethyl adjacent to an activating group) is 1. The number of rotatable bonds is 8. The van der Waals surface area contributed by atoms with Crippen LogP contribution in [0.2, 0.25) is 5.02 Å². The van der Waals surface area contributed by atoms with Crippen LogP contribution in [-0.4, -0.2) is 24.8 Å². The molecular formula is C16H25ClFNO. The largest absolute Gasteiger partial charge is 0.374 e. The molecule has 0 saturated carbocycles. The Morgan fingerprint density at radius 1 is 1.35 bits per heavy atom. The van der Waals surface area contributed by atoms with Gasteiger partial charge < -0.3 is 10.1 Å². The van der Waals surface area contributed by atoms with Gasteiger partial charge in [-0.3, -0.25) is 0 Å². The monoisotopic (exact) mass is 301 g/mol. The quantitative estimate of drug-likeness (QED) is 0.777. The molecule has 1 aromatic rings. The van der Waals surface area contributed by atoms with Crippen LogP contribution in [0.1, 0.15) is 39.7 Å². The van der Waals surface area contributed by atoms with Gasteiger partial charge in [-0.2, -0.15) is 0 Å². The average Bonchev–Trinajstić information content (AvgIpc) is 2.42. The molecular weight excluding hydrogens is 277 g/mol. The number of ether oxygens (including phenoxy) is 1. The zero-order chi connectivity index (χ0) is 15.2. The van der Waals surface area contributed by atoms with Crippen molar-refractivity contribution in [3.63, 3.8) is 0 Å². The predicted molar refractivity (Wildman–Crippen MR) is 82.9 cm³/mol. The summed E-state index contributed by atoms with van der Waals surface area (Å²) in [5, 5.41) is 3.89. The second-order valence-electron chi connectivity index (χ2n) is 5.11. The Balaban J connectivity index is 3.02. The van der Waals surface area contributed by atoms with Crippen LogP contribution in [0, 0.1) is 5.82 Å². The van der Waals surface area contributed by atoms with Gasteiger partial charge in [0.05, 0.1) is 5.60 Å². The van der Waals surface area contributed by atoms with Gasteiger partial charge in [0, 0.05) is 23.2 Å². The van der Waals surface area contributed by atoms with Crippen molar-refractivity contribution in [2.75, 3.05) is 13.2 Å². The van der Waals surface area contributed by atoms with Crippen molar-refractivity contribution in [3.05, 3.63) is 34.6 Å². The van der Waals surface area contributed by atoms with Gasteiger partial charge >= 0.3 is 0 Å². The molecule has 114 valence electrons. The highest BCUT2D eigenvalue weighted by molar-refractivity contribution is 6.31. The first-order valence-electron chi connectivity index (χ1n) is 7.28. The highest BCUT2D eigenvalue weighted by atomic mass is 35.5. The van der Waals surface area contributed by atoms with Gasteiger partial charge in [0.15, 0.2) is 0 Å². The Bertz CT molecular complexity index is 407. The molecule has 0 heterocycles. The van der Waals surface area contributed by atoms with Crippen molar-refractivity contribution in [2.45, 2.75) is 52.2 Å². The molecule has 1 N–H and O–H groups in total. The van der Waals surface area contributed by atoms with Gasteiger partial charge in [0.25, 0.3) is 0 Å². The van der Waals surface area contributed by atoms with E-state index in [1.807, 2.05) is 13.8 Å². The minimum atomic E-state index is -0.337. The lowest BCUT2D eigenvalue weighted by Crippen LogP contribution is -2.51. The van der Waals surface area contributed by atoms with Crippen molar-refractivity contribution >= 4 is 11.6 Å². The molecule has 4 heteroatoms. The van der Waals surface area contributed by atoms with Crippen molar-refractivity contribution in [1.29, 1.82) is 0 Å². The van der Waals surface area contributed by atoms with Gasteiger partial charge in [-0.15, -0.1) is 0 Å². The molecule has 0 radical (unpaired) electrons. The molecule has 0 aromatic heterocycles. The molecule has 0 aliphatic rings. The summed E-state index contributed by atoms with van der Waals surface area (Å²) in [5.41, 5.74) is 0.218. The maximum atomic E-state index is 14.0.